The molecule has 0 heterocycles. The molecule has 164 valence electrons. The van der Waals surface area contributed by atoms with E-state index >= 15 is 0 Å². The van der Waals surface area contributed by atoms with Gasteiger partial charge in [0.25, 0.3) is 0 Å². The summed E-state index contributed by atoms with van der Waals surface area (Å²) in [4.78, 5) is 35.7. The number of carbonyl (C=O) groups excluding carboxylic acids is 3. The lowest BCUT2D eigenvalue weighted by atomic mass is 10.1. The molecule has 0 unspecified atom stereocenters. The molecule has 0 bridgehead atoms. The number of hydrogen-bond acceptors (Lipinski definition) is 4. The normalized spacial score (nSPS) is 11.6. The summed E-state index contributed by atoms with van der Waals surface area (Å²) >= 11 is 0. The Morgan fingerprint density at radius 2 is 1.61 bits per heavy atom. The first-order chi connectivity index (χ1) is 14.6. The summed E-state index contributed by atoms with van der Waals surface area (Å²) in [6.45, 7) is 3.41. The van der Waals surface area contributed by atoms with Crippen LogP contribution in [0.25, 0.3) is 0 Å². The molecular weight excluding hydrogens is 413 g/mol. The third kappa shape index (κ3) is 7.57. The number of hydrogen-bond donors (Lipinski definition) is 3. The second kappa shape index (κ2) is 10.4. The van der Waals surface area contributed by atoms with Crippen LogP contribution >= 0.6 is 0 Å². The Bertz CT molecular complexity index is 986. The Morgan fingerprint density at radius 1 is 0.935 bits per heavy atom. The van der Waals surface area contributed by atoms with Crippen LogP contribution in [-0.2, 0) is 27.0 Å². The van der Waals surface area contributed by atoms with Gasteiger partial charge in [0.05, 0.1) is 12.0 Å². The van der Waals surface area contributed by atoms with E-state index in [4.69, 9.17) is 0 Å². The molecule has 3 amide bonds. The van der Waals surface area contributed by atoms with Crippen LogP contribution in [0.1, 0.15) is 31.4 Å². The maximum Gasteiger partial charge on any atom is 0.416 e. The van der Waals surface area contributed by atoms with Gasteiger partial charge in [-0.3, -0.25) is 14.4 Å². The van der Waals surface area contributed by atoms with Crippen molar-refractivity contribution in [1.29, 1.82) is 0 Å². The molecule has 0 aliphatic heterocycles. The average Bonchev–Trinajstić information content (AvgIpc) is 2.72. The van der Waals surface area contributed by atoms with E-state index in [1.807, 2.05) is 24.5 Å². The van der Waals surface area contributed by atoms with Crippen LogP contribution in [0, 0.1) is 0 Å². The van der Waals surface area contributed by atoms with E-state index in [2.05, 4.69) is 15.7 Å². The minimum Gasteiger partial charge on any atom is -0.326 e. The molecule has 0 saturated heterocycles. The highest BCUT2D eigenvalue weighted by Crippen LogP contribution is 2.30. The number of amides is 3. The van der Waals surface area contributed by atoms with Gasteiger partial charge in [0, 0.05) is 17.1 Å². The molecule has 2 rings (SSSR count). The van der Waals surface area contributed by atoms with Crippen LogP contribution < -0.4 is 16.1 Å². The average molecular weight is 434 g/mol. The van der Waals surface area contributed by atoms with Gasteiger partial charge < -0.3 is 10.6 Å². The topological polar surface area (TPSA) is 99.7 Å². The van der Waals surface area contributed by atoms with Gasteiger partial charge in [0.2, 0.25) is 5.91 Å². The zero-order valence-electron chi connectivity index (χ0n) is 16.8. The summed E-state index contributed by atoms with van der Waals surface area (Å²) in [5.74, 6) is -2.60. The quantitative estimate of drug-likeness (QED) is 0.367. The van der Waals surface area contributed by atoms with Crippen molar-refractivity contribution < 1.29 is 27.6 Å². The first kappa shape index (κ1) is 23.6. The van der Waals surface area contributed by atoms with Crippen LogP contribution in [0.3, 0.4) is 0 Å². The van der Waals surface area contributed by atoms with E-state index in [0.29, 0.717) is 5.69 Å². The fraction of sp³-hybridized carbons (Fsp3) is 0.238. The van der Waals surface area contributed by atoms with E-state index in [1.165, 1.54) is 19.1 Å². The summed E-state index contributed by atoms with van der Waals surface area (Å²) in [7, 11) is 0. The second-order valence-corrected chi connectivity index (χ2v) is 6.60. The highest BCUT2D eigenvalue weighted by Gasteiger charge is 2.30. The predicted octanol–water partition coefficient (Wildman–Crippen LogP) is 3.73. The molecule has 0 aliphatic carbocycles. The Labute approximate surface area is 176 Å². The maximum absolute atomic E-state index is 12.7. The molecule has 31 heavy (non-hydrogen) atoms. The van der Waals surface area contributed by atoms with E-state index in [9.17, 15) is 27.6 Å². The maximum atomic E-state index is 12.7. The summed E-state index contributed by atoms with van der Waals surface area (Å²) in [5, 5.41) is 8.41. The molecule has 0 spiro atoms. The Balaban J connectivity index is 1.86. The Kier molecular flexibility index (Phi) is 7.89. The minimum atomic E-state index is -4.53. The first-order valence-electron chi connectivity index (χ1n) is 9.29. The fourth-order valence-corrected chi connectivity index (χ4v) is 2.46. The van der Waals surface area contributed by atoms with E-state index in [0.717, 1.165) is 24.1 Å². The first-order valence-corrected chi connectivity index (χ1v) is 9.29. The van der Waals surface area contributed by atoms with Gasteiger partial charge in [0.15, 0.2) is 0 Å². The summed E-state index contributed by atoms with van der Waals surface area (Å²) in [6, 6.07) is 11.2. The van der Waals surface area contributed by atoms with Gasteiger partial charge in [-0.05, 0) is 49.2 Å². The molecule has 10 heteroatoms. The predicted molar refractivity (Wildman–Crippen MR) is 110 cm³/mol. The van der Waals surface area contributed by atoms with Crippen molar-refractivity contribution in [1.82, 2.24) is 5.43 Å². The summed E-state index contributed by atoms with van der Waals surface area (Å²) in [6.07, 6.45) is -3.98. The lowest BCUT2D eigenvalue weighted by Crippen LogP contribution is -2.33. The number of aryl methyl sites for hydroxylation is 1. The zero-order chi connectivity index (χ0) is 23.0. The smallest absolute Gasteiger partial charge is 0.326 e. The monoisotopic (exact) mass is 434 g/mol. The van der Waals surface area contributed by atoms with Crippen molar-refractivity contribution in [3.63, 3.8) is 0 Å². The van der Waals surface area contributed by atoms with Gasteiger partial charge in [-0.25, -0.2) is 5.43 Å². The molecule has 3 N–H and O–H groups in total. The van der Waals surface area contributed by atoms with Crippen molar-refractivity contribution in [3.05, 3.63) is 59.7 Å². The van der Waals surface area contributed by atoms with E-state index in [1.54, 1.807) is 12.1 Å². The standard InChI is InChI=1S/C21H21F3N4O3/c1-3-14-7-9-16(10-8-14)26-19(30)20(31)28-27-13(2)11-18(29)25-17-6-4-5-15(12-17)21(22,23)24/h4-10,12H,3,11H2,1-2H3,(H,25,29)(H,26,30)(H,28,31). The van der Waals surface area contributed by atoms with Crippen LogP contribution in [0.2, 0.25) is 0 Å². The van der Waals surface area contributed by atoms with Crippen molar-refractivity contribution >= 4 is 34.8 Å². The lowest BCUT2D eigenvalue weighted by Gasteiger charge is -2.10. The lowest BCUT2D eigenvalue weighted by molar-refractivity contribution is -0.137. The number of halogens is 3. The number of hydrazone groups is 1. The molecule has 2 aromatic carbocycles. The van der Waals surface area contributed by atoms with Crippen molar-refractivity contribution in [2.75, 3.05) is 10.6 Å². The third-order valence-corrected chi connectivity index (χ3v) is 4.06. The van der Waals surface area contributed by atoms with Crippen LogP contribution in [-0.4, -0.2) is 23.4 Å². The largest absolute Gasteiger partial charge is 0.416 e. The molecule has 0 fully saturated rings. The number of rotatable bonds is 6. The van der Waals surface area contributed by atoms with Crippen molar-refractivity contribution in [2.45, 2.75) is 32.9 Å². The number of nitrogens with one attached hydrogen (secondary N) is 3. The molecule has 2 aromatic rings. The van der Waals surface area contributed by atoms with E-state index < -0.39 is 29.5 Å². The van der Waals surface area contributed by atoms with Gasteiger partial charge in [0.1, 0.15) is 0 Å². The SMILES string of the molecule is CCc1ccc(NC(=O)C(=O)NN=C(C)CC(=O)Nc2cccc(C(F)(F)F)c2)cc1. The van der Waals surface area contributed by atoms with Crippen molar-refractivity contribution in [2.24, 2.45) is 5.10 Å². The van der Waals surface area contributed by atoms with Gasteiger partial charge in [-0.1, -0.05) is 25.1 Å². The number of benzene rings is 2. The number of nitrogens with zero attached hydrogens (tertiary/aromatic N) is 1. The van der Waals surface area contributed by atoms with Gasteiger partial charge >= 0.3 is 18.0 Å². The molecule has 7 nitrogen and oxygen atoms in total. The molecule has 0 aromatic heterocycles. The summed E-state index contributed by atoms with van der Waals surface area (Å²) < 4.78 is 38.2. The van der Waals surface area contributed by atoms with Crippen LogP contribution in [0.5, 0.6) is 0 Å². The zero-order valence-corrected chi connectivity index (χ0v) is 16.8. The molecular formula is C21H21F3N4O3. The number of anilines is 2. The molecule has 0 atom stereocenters. The number of alkyl halides is 3. The minimum absolute atomic E-state index is 0.0230. The van der Waals surface area contributed by atoms with Crippen molar-refractivity contribution in [3.8, 4) is 0 Å². The molecule has 0 aliphatic rings. The van der Waals surface area contributed by atoms with E-state index in [-0.39, 0.29) is 17.8 Å². The third-order valence-electron chi connectivity index (χ3n) is 4.06. The van der Waals surface area contributed by atoms with Crippen LogP contribution in [0.15, 0.2) is 53.6 Å². The Morgan fingerprint density at radius 3 is 2.23 bits per heavy atom. The molecule has 0 radical (unpaired) electrons. The highest BCUT2D eigenvalue weighted by molar-refractivity contribution is 6.39. The molecule has 0 saturated carbocycles. The van der Waals surface area contributed by atoms with Gasteiger partial charge in [-0.15, -0.1) is 0 Å². The number of carbonyl (C=O) groups is 3. The van der Waals surface area contributed by atoms with Crippen LogP contribution in [0.4, 0.5) is 24.5 Å². The Hall–Kier alpha value is -3.69. The fourth-order valence-electron chi connectivity index (χ4n) is 2.46. The highest BCUT2D eigenvalue weighted by atomic mass is 19.4. The summed E-state index contributed by atoms with van der Waals surface area (Å²) in [5.41, 5.74) is 2.79. The van der Waals surface area contributed by atoms with Gasteiger partial charge in [-0.2, -0.15) is 18.3 Å². The second-order valence-electron chi connectivity index (χ2n) is 6.60.